The monoisotopic (exact) mass is 738 g/mol. The maximum absolute atomic E-state index is 12.4. The van der Waals surface area contributed by atoms with Crippen molar-refractivity contribution in [1.29, 1.82) is 0 Å². The second kappa shape index (κ2) is 36.1. The Morgan fingerprint density at radius 1 is 0.608 bits per heavy atom. The van der Waals surface area contributed by atoms with Gasteiger partial charge in [0.15, 0.2) is 6.10 Å². The zero-order valence-corrected chi connectivity index (χ0v) is 32.7. The van der Waals surface area contributed by atoms with E-state index in [2.05, 4.69) is 54.8 Å². The van der Waals surface area contributed by atoms with Crippen molar-refractivity contribution in [3.63, 3.8) is 0 Å². The van der Waals surface area contributed by atoms with Gasteiger partial charge in [0.05, 0.1) is 12.7 Å². The highest BCUT2D eigenvalue weighted by atomic mass is 31.2. The topological polar surface area (TPSA) is 140 Å². The molecule has 0 aromatic rings. The molecule has 0 aliphatic carbocycles. The predicted molar refractivity (Wildman–Crippen MR) is 208 cm³/mol. The molecule has 0 aromatic carbocycles. The van der Waals surface area contributed by atoms with Crippen LogP contribution in [0.15, 0.2) is 60.8 Å². The van der Waals surface area contributed by atoms with Gasteiger partial charge in [0, 0.05) is 12.8 Å². The Hall–Kier alpha value is -2.29. The van der Waals surface area contributed by atoms with Crippen LogP contribution in [0.5, 0.6) is 0 Å². The Bertz CT molecular complexity index is 1030. The molecule has 0 fully saturated rings. The third-order valence-electron chi connectivity index (χ3n) is 8.11. The molecular formula is C41H71O9P. The van der Waals surface area contributed by atoms with E-state index in [1.54, 1.807) is 12.2 Å². The van der Waals surface area contributed by atoms with Crippen LogP contribution in [0.25, 0.3) is 0 Å². The maximum atomic E-state index is 12.4. The standard InChI is InChI=1S/C41H71O9P/c1-3-5-7-9-11-13-15-17-18-20-22-24-26-28-30-34-40(43)48-36-39(37-49-51(45,46)47)50-41(44)35-31-33-38(42)32-29-27-25-23-21-19-16-14-12-10-8-6-4-2/h12,14,17-19,21,25,27,29,32,38-39,42H,3-11,13,15-16,20,22-24,26,28,30-31,33-37H2,1-2H3,(H2,45,46,47)/b14-12-,18-17-,21-19-,27-25-,32-29+/t38-,39+/m0/s1. The maximum Gasteiger partial charge on any atom is 0.469 e. The Kier molecular flexibility index (Phi) is 34.5. The van der Waals surface area contributed by atoms with Crippen molar-refractivity contribution in [2.24, 2.45) is 0 Å². The first-order valence-electron chi connectivity index (χ1n) is 19.7. The average molecular weight is 739 g/mol. The summed E-state index contributed by atoms with van der Waals surface area (Å²) in [6.45, 7) is 3.47. The lowest BCUT2D eigenvalue weighted by Gasteiger charge is -2.18. The van der Waals surface area contributed by atoms with E-state index in [-0.39, 0.29) is 19.4 Å². The third kappa shape index (κ3) is 38.8. The number of rotatable bonds is 35. The lowest BCUT2D eigenvalue weighted by Crippen LogP contribution is -2.29. The Morgan fingerprint density at radius 3 is 1.76 bits per heavy atom. The normalized spacial score (nSPS) is 13.7. The van der Waals surface area contributed by atoms with Gasteiger partial charge < -0.3 is 24.4 Å². The van der Waals surface area contributed by atoms with E-state index in [0.29, 0.717) is 19.3 Å². The molecule has 0 aliphatic heterocycles. The van der Waals surface area contributed by atoms with Crippen LogP contribution in [-0.4, -0.2) is 52.3 Å². The van der Waals surface area contributed by atoms with E-state index in [0.717, 1.165) is 57.8 Å². The lowest BCUT2D eigenvalue weighted by atomic mass is 10.1. The van der Waals surface area contributed by atoms with E-state index >= 15 is 0 Å². The molecule has 3 N–H and O–H groups in total. The minimum Gasteiger partial charge on any atom is -0.462 e. The summed E-state index contributed by atoms with van der Waals surface area (Å²) < 4.78 is 26.2. The van der Waals surface area contributed by atoms with Crippen molar-refractivity contribution in [3.05, 3.63) is 60.8 Å². The lowest BCUT2D eigenvalue weighted by molar-refractivity contribution is -0.161. The van der Waals surface area contributed by atoms with E-state index < -0.39 is 38.6 Å². The number of esters is 2. The fourth-order valence-electron chi connectivity index (χ4n) is 5.12. The van der Waals surface area contributed by atoms with Crippen LogP contribution in [0, 0.1) is 0 Å². The van der Waals surface area contributed by atoms with Gasteiger partial charge in [0.2, 0.25) is 0 Å². The molecule has 0 amide bonds. The quantitative estimate of drug-likeness (QED) is 0.0190. The summed E-state index contributed by atoms with van der Waals surface area (Å²) in [6.07, 6.45) is 41.1. The van der Waals surface area contributed by atoms with E-state index in [9.17, 15) is 19.3 Å². The number of aliphatic hydroxyl groups excluding tert-OH is 1. The van der Waals surface area contributed by atoms with Crippen molar-refractivity contribution < 1.29 is 43.0 Å². The molecule has 0 radical (unpaired) electrons. The molecule has 0 saturated heterocycles. The van der Waals surface area contributed by atoms with Crippen molar-refractivity contribution in [2.75, 3.05) is 13.2 Å². The van der Waals surface area contributed by atoms with Gasteiger partial charge >= 0.3 is 19.8 Å². The summed E-state index contributed by atoms with van der Waals surface area (Å²) >= 11 is 0. The highest BCUT2D eigenvalue weighted by Crippen LogP contribution is 2.36. The first kappa shape index (κ1) is 48.7. The van der Waals surface area contributed by atoms with Crippen LogP contribution < -0.4 is 0 Å². The zero-order chi connectivity index (χ0) is 37.7. The smallest absolute Gasteiger partial charge is 0.462 e. The van der Waals surface area contributed by atoms with Crippen LogP contribution in [0.4, 0.5) is 0 Å². The molecule has 0 spiro atoms. The van der Waals surface area contributed by atoms with Crippen molar-refractivity contribution in [2.45, 2.75) is 174 Å². The summed E-state index contributed by atoms with van der Waals surface area (Å²) in [5.74, 6) is -1.10. The summed E-state index contributed by atoms with van der Waals surface area (Å²) in [5, 5.41) is 10.2. The average Bonchev–Trinajstić information content (AvgIpc) is 3.09. The largest absolute Gasteiger partial charge is 0.469 e. The van der Waals surface area contributed by atoms with Crippen molar-refractivity contribution >= 4 is 19.8 Å². The van der Waals surface area contributed by atoms with Gasteiger partial charge in [-0.15, -0.1) is 0 Å². The summed E-state index contributed by atoms with van der Waals surface area (Å²) in [7, 11) is -4.81. The molecule has 0 aromatic heterocycles. The molecule has 0 heterocycles. The first-order valence-corrected chi connectivity index (χ1v) is 21.2. The number of phosphoric acid groups is 1. The molecule has 51 heavy (non-hydrogen) atoms. The van der Waals surface area contributed by atoms with Gasteiger partial charge in [-0.3, -0.25) is 14.1 Å². The van der Waals surface area contributed by atoms with Crippen LogP contribution in [0.3, 0.4) is 0 Å². The van der Waals surface area contributed by atoms with E-state index in [4.69, 9.17) is 19.3 Å². The second-order valence-electron chi connectivity index (χ2n) is 13.1. The number of unbranched alkanes of at least 4 members (excludes halogenated alkanes) is 14. The highest BCUT2D eigenvalue weighted by molar-refractivity contribution is 7.46. The van der Waals surface area contributed by atoms with E-state index in [1.165, 1.54) is 57.8 Å². The van der Waals surface area contributed by atoms with Gasteiger partial charge in [-0.25, -0.2) is 4.57 Å². The molecule has 2 atom stereocenters. The van der Waals surface area contributed by atoms with E-state index in [1.807, 2.05) is 12.2 Å². The number of carbonyl (C=O) groups excluding carboxylic acids is 2. The molecule has 10 heteroatoms. The zero-order valence-electron chi connectivity index (χ0n) is 31.8. The summed E-state index contributed by atoms with van der Waals surface area (Å²) in [4.78, 5) is 42.8. The first-order chi connectivity index (χ1) is 24.7. The van der Waals surface area contributed by atoms with Crippen LogP contribution in [-0.2, 0) is 28.2 Å². The molecule has 0 saturated carbocycles. The summed E-state index contributed by atoms with van der Waals surface area (Å²) in [5.41, 5.74) is 0. The number of carbonyl (C=O) groups is 2. The molecule has 0 bridgehead atoms. The number of hydrogen-bond donors (Lipinski definition) is 3. The SMILES string of the molecule is CCCCC/C=C\C/C=C\C/C=C\C=C\[C@H](O)CCCC(=O)O[C@H](COC(=O)CCCCCCC/C=C\CCCCCCCC)COP(=O)(O)O. The second-order valence-corrected chi connectivity index (χ2v) is 14.3. The van der Waals surface area contributed by atoms with Crippen LogP contribution in [0.2, 0.25) is 0 Å². The molecular weight excluding hydrogens is 667 g/mol. The number of allylic oxidation sites excluding steroid dienone is 9. The number of hydrogen-bond acceptors (Lipinski definition) is 7. The molecule has 9 nitrogen and oxygen atoms in total. The Balaban J connectivity index is 4.19. The number of aliphatic hydroxyl groups is 1. The predicted octanol–water partition coefficient (Wildman–Crippen LogP) is 10.7. The molecule has 0 aliphatic rings. The van der Waals surface area contributed by atoms with Crippen LogP contribution in [0.1, 0.15) is 162 Å². The molecule has 0 rings (SSSR count). The fraction of sp³-hybridized carbons (Fsp3) is 0.707. The van der Waals surface area contributed by atoms with Crippen LogP contribution >= 0.6 is 7.82 Å². The van der Waals surface area contributed by atoms with Crippen molar-refractivity contribution in [3.8, 4) is 0 Å². The van der Waals surface area contributed by atoms with Crippen molar-refractivity contribution in [1.82, 2.24) is 0 Å². The highest BCUT2D eigenvalue weighted by Gasteiger charge is 2.23. The van der Waals surface area contributed by atoms with Gasteiger partial charge in [-0.2, -0.15) is 0 Å². The third-order valence-corrected chi connectivity index (χ3v) is 8.60. The minimum absolute atomic E-state index is 0.0200. The van der Waals surface area contributed by atoms with Gasteiger partial charge in [-0.1, -0.05) is 139 Å². The number of ether oxygens (including phenoxy) is 2. The Morgan fingerprint density at radius 2 is 1.12 bits per heavy atom. The summed E-state index contributed by atoms with van der Waals surface area (Å²) in [6, 6.07) is 0. The van der Waals surface area contributed by atoms with Gasteiger partial charge in [0.25, 0.3) is 0 Å². The van der Waals surface area contributed by atoms with Gasteiger partial charge in [-0.05, 0) is 70.6 Å². The molecule has 294 valence electrons. The molecule has 0 unspecified atom stereocenters. The minimum atomic E-state index is -4.81. The fourth-order valence-corrected chi connectivity index (χ4v) is 5.48. The Labute approximate surface area is 309 Å². The van der Waals surface area contributed by atoms with Gasteiger partial charge in [0.1, 0.15) is 6.61 Å². The number of phosphoric ester groups is 1.